The van der Waals surface area contributed by atoms with Crippen LogP contribution in [0.4, 0.5) is 13.2 Å². The first kappa shape index (κ1) is 28.3. The number of halogens is 3. The predicted octanol–water partition coefficient (Wildman–Crippen LogP) is 8.56. The molecule has 0 bridgehead atoms. The molecule has 1 fully saturated rings. The first-order chi connectivity index (χ1) is 17.3. The lowest BCUT2D eigenvalue weighted by atomic mass is 9.63. The van der Waals surface area contributed by atoms with Crippen molar-refractivity contribution in [1.82, 2.24) is 4.90 Å². The molecule has 0 amide bonds. The van der Waals surface area contributed by atoms with E-state index in [1.807, 2.05) is 6.07 Å². The first-order valence-corrected chi connectivity index (χ1v) is 13.7. The molecule has 2 nitrogen and oxygen atoms in total. The van der Waals surface area contributed by atoms with E-state index in [0.717, 1.165) is 82.2 Å². The van der Waals surface area contributed by atoms with E-state index in [2.05, 4.69) is 49.1 Å². The van der Waals surface area contributed by atoms with Crippen molar-refractivity contribution in [3.8, 4) is 6.07 Å². The van der Waals surface area contributed by atoms with E-state index < -0.39 is 17.2 Å². The van der Waals surface area contributed by atoms with E-state index in [-0.39, 0.29) is 5.92 Å². The van der Waals surface area contributed by atoms with Gasteiger partial charge in [-0.3, -0.25) is 0 Å². The zero-order chi connectivity index (χ0) is 26.0. The molecule has 1 saturated carbocycles. The van der Waals surface area contributed by atoms with Crippen LogP contribution in [-0.4, -0.2) is 24.0 Å². The van der Waals surface area contributed by atoms with Crippen molar-refractivity contribution >= 4 is 0 Å². The van der Waals surface area contributed by atoms with Gasteiger partial charge < -0.3 is 4.90 Å². The Hall–Kier alpha value is -2.32. The maximum Gasteiger partial charge on any atom is 0.416 e. The summed E-state index contributed by atoms with van der Waals surface area (Å²) in [7, 11) is 0. The molecule has 3 rings (SSSR count). The van der Waals surface area contributed by atoms with Gasteiger partial charge in [0, 0.05) is 12.6 Å². The van der Waals surface area contributed by atoms with Gasteiger partial charge in [-0.05, 0) is 80.7 Å². The topological polar surface area (TPSA) is 27.0 Å². The molecule has 0 aliphatic heterocycles. The highest BCUT2D eigenvalue weighted by atomic mass is 19.4. The Kier molecular flexibility index (Phi) is 10.4. The quantitative estimate of drug-likeness (QED) is 0.293. The molecule has 1 aliphatic carbocycles. The Morgan fingerprint density at radius 2 is 1.56 bits per heavy atom. The van der Waals surface area contributed by atoms with Crippen molar-refractivity contribution in [3.05, 3.63) is 71.3 Å². The van der Waals surface area contributed by atoms with Gasteiger partial charge in [0.15, 0.2) is 0 Å². The Morgan fingerprint density at radius 3 is 2.11 bits per heavy atom. The van der Waals surface area contributed by atoms with Crippen molar-refractivity contribution in [3.63, 3.8) is 0 Å². The van der Waals surface area contributed by atoms with E-state index in [1.54, 1.807) is 12.1 Å². The van der Waals surface area contributed by atoms with Gasteiger partial charge in [0.2, 0.25) is 0 Å². The number of alkyl halides is 3. The van der Waals surface area contributed by atoms with Crippen molar-refractivity contribution < 1.29 is 13.2 Å². The van der Waals surface area contributed by atoms with Crippen LogP contribution < -0.4 is 0 Å². The second kappa shape index (κ2) is 13.3. The highest BCUT2D eigenvalue weighted by Crippen LogP contribution is 2.45. The molecule has 196 valence electrons. The van der Waals surface area contributed by atoms with Crippen LogP contribution in [0.25, 0.3) is 0 Å². The Morgan fingerprint density at radius 1 is 0.917 bits per heavy atom. The normalized spacial score (nSPS) is 17.5. The molecular formula is C31H41F3N2. The van der Waals surface area contributed by atoms with Gasteiger partial charge in [-0.1, -0.05) is 75.6 Å². The summed E-state index contributed by atoms with van der Waals surface area (Å²) in [5, 5.41) is 10.6. The predicted molar refractivity (Wildman–Crippen MR) is 141 cm³/mol. The first-order valence-electron chi connectivity index (χ1n) is 13.7. The molecule has 2 aromatic rings. The fourth-order valence-electron chi connectivity index (χ4n) is 6.07. The average Bonchev–Trinajstić information content (AvgIpc) is 2.90. The zero-order valence-corrected chi connectivity index (χ0v) is 21.9. The van der Waals surface area contributed by atoms with Crippen LogP contribution in [0, 0.1) is 17.2 Å². The Balaban J connectivity index is 1.83. The second-order valence-electron chi connectivity index (χ2n) is 10.4. The molecule has 0 heterocycles. The van der Waals surface area contributed by atoms with Crippen LogP contribution in [-0.2, 0) is 18.0 Å². The Bertz CT molecular complexity index is 943. The minimum atomic E-state index is -4.37. The summed E-state index contributed by atoms with van der Waals surface area (Å²) in [5.74, 6) is 0.189. The highest BCUT2D eigenvalue weighted by Gasteiger charge is 2.42. The Labute approximate surface area is 215 Å². The summed E-state index contributed by atoms with van der Waals surface area (Å²) < 4.78 is 39.7. The van der Waals surface area contributed by atoms with E-state index in [0.29, 0.717) is 12.5 Å². The molecule has 2 aromatic carbocycles. The van der Waals surface area contributed by atoms with Crippen molar-refractivity contribution in [2.45, 2.75) is 95.7 Å². The number of hydrogen-bond acceptors (Lipinski definition) is 2. The number of rotatable bonds is 12. The summed E-state index contributed by atoms with van der Waals surface area (Å²) in [5.41, 5.74) is 0.691. The molecule has 0 radical (unpaired) electrons. The largest absolute Gasteiger partial charge is 0.416 e. The van der Waals surface area contributed by atoms with E-state index >= 15 is 0 Å². The molecule has 1 aliphatic rings. The lowest BCUT2D eigenvalue weighted by Crippen LogP contribution is -2.41. The van der Waals surface area contributed by atoms with Crippen molar-refractivity contribution in [2.24, 2.45) is 5.92 Å². The van der Waals surface area contributed by atoms with E-state index in [4.69, 9.17) is 0 Å². The number of benzene rings is 2. The van der Waals surface area contributed by atoms with Crippen LogP contribution in [0.3, 0.4) is 0 Å². The fraction of sp³-hybridized carbons (Fsp3) is 0.581. The maximum absolute atomic E-state index is 13.2. The standard InChI is InChI=1S/C31H41F3N2/c1-3-22-36(23-20-25-11-7-5-8-12-25)29(4-2)19-21-30(24-35,26-13-9-6-10-14-26)27-15-17-28(18-16-27)31(32,33)34/h5,7-8,11-12,15-18,26,29H,3-4,6,9-10,13-14,19-23H2,1-2H3. The summed E-state index contributed by atoms with van der Waals surface area (Å²) in [6.45, 7) is 6.39. The van der Waals surface area contributed by atoms with Gasteiger partial charge in [-0.15, -0.1) is 0 Å². The van der Waals surface area contributed by atoms with E-state index in [1.165, 1.54) is 12.0 Å². The van der Waals surface area contributed by atoms with Crippen molar-refractivity contribution in [2.75, 3.05) is 13.1 Å². The van der Waals surface area contributed by atoms with Gasteiger partial charge in [0.25, 0.3) is 0 Å². The monoisotopic (exact) mass is 498 g/mol. The lowest BCUT2D eigenvalue weighted by Gasteiger charge is -2.40. The molecule has 0 spiro atoms. The molecule has 0 aromatic heterocycles. The van der Waals surface area contributed by atoms with Gasteiger partial charge in [0.05, 0.1) is 17.0 Å². The van der Waals surface area contributed by atoms with Crippen LogP contribution in [0.1, 0.15) is 88.3 Å². The van der Waals surface area contributed by atoms with E-state index in [9.17, 15) is 18.4 Å². The summed E-state index contributed by atoms with van der Waals surface area (Å²) >= 11 is 0. The average molecular weight is 499 g/mol. The highest BCUT2D eigenvalue weighted by molar-refractivity contribution is 5.37. The van der Waals surface area contributed by atoms with Gasteiger partial charge in [-0.2, -0.15) is 18.4 Å². The van der Waals surface area contributed by atoms with Gasteiger partial charge >= 0.3 is 6.18 Å². The third kappa shape index (κ3) is 7.13. The second-order valence-corrected chi connectivity index (χ2v) is 10.4. The smallest absolute Gasteiger partial charge is 0.300 e. The fourth-order valence-corrected chi connectivity index (χ4v) is 6.07. The van der Waals surface area contributed by atoms with Gasteiger partial charge in [-0.25, -0.2) is 0 Å². The van der Waals surface area contributed by atoms with Crippen molar-refractivity contribution in [1.29, 1.82) is 5.26 Å². The van der Waals surface area contributed by atoms with Crippen LogP contribution in [0.2, 0.25) is 0 Å². The van der Waals surface area contributed by atoms with Crippen LogP contribution in [0.15, 0.2) is 54.6 Å². The maximum atomic E-state index is 13.2. The molecule has 0 N–H and O–H groups in total. The minimum absolute atomic E-state index is 0.189. The molecule has 2 unspecified atom stereocenters. The molecular weight excluding hydrogens is 457 g/mol. The van der Waals surface area contributed by atoms with Gasteiger partial charge in [0.1, 0.15) is 0 Å². The number of nitriles is 1. The SMILES string of the molecule is CCCN(CCc1ccccc1)C(CC)CCC(C#N)(c1ccc(C(F)(F)F)cc1)C1CCCCC1. The number of hydrogen-bond donors (Lipinski definition) is 0. The molecule has 2 atom stereocenters. The zero-order valence-electron chi connectivity index (χ0n) is 21.9. The molecule has 5 heteroatoms. The summed E-state index contributed by atoms with van der Waals surface area (Å²) in [6.07, 6.45) is 5.52. The molecule has 0 saturated heterocycles. The third-order valence-corrected chi connectivity index (χ3v) is 8.13. The third-order valence-electron chi connectivity index (χ3n) is 8.13. The van der Waals surface area contributed by atoms with Crippen LogP contribution in [0.5, 0.6) is 0 Å². The summed E-state index contributed by atoms with van der Waals surface area (Å²) in [4.78, 5) is 2.56. The summed E-state index contributed by atoms with van der Waals surface area (Å²) in [6, 6.07) is 19.0. The minimum Gasteiger partial charge on any atom is -0.300 e. The molecule has 36 heavy (non-hydrogen) atoms. The number of nitrogens with zero attached hydrogens (tertiary/aromatic N) is 2. The van der Waals surface area contributed by atoms with Crippen LogP contribution >= 0.6 is 0 Å². The lowest BCUT2D eigenvalue weighted by molar-refractivity contribution is -0.137.